The molecule has 0 saturated carbocycles. The van der Waals surface area contributed by atoms with Crippen LogP contribution in [0.5, 0.6) is 0 Å². The molecule has 0 bridgehead atoms. The minimum absolute atomic E-state index is 0.120. The van der Waals surface area contributed by atoms with Crippen molar-refractivity contribution in [3.05, 3.63) is 12.2 Å². The Morgan fingerprint density at radius 3 is 2.37 bits per heavy atom. The van der Waals surface area contributed by atoms with E-state index in [9.17, 15) is 9.90 Å². The van der Waals surface area contributed by atoms with E-state index >= 15 is 0 Å². The summed E-state index contributed by atoms with van der Waals surface area (Å²) in [4.78, 5) is 12.0. The zero-order chi connectivity index (χ0) is 20.9. The highest BCUT2D eigenvalue weighted by molar-refractivity contribution is 6.74. The van der Waals surface area contributed by atoms with Crippen LogP contribution < -0.4 is 0 Å². The first-order chi connectivity index (χ1) is 12.3. The van der Waals surface area contributed by atoms with Gasteiger partial charge in [0, 0.05) is 12.5 Å². The van der Waals surface area contributed by atoms with E-state index in [0.717, 1.165) is 32.3 Å². The van der Waals surface area contributed by atoms with Gasteiger partial charge in [-0.3, -0.25) is 4.79 Å². The molecule has 0 aromatic rings. The van der Waals surface area contributed by atoms with Gasteiger partial charge in [0.1, 0.15) is 0 Å². The highest BCUT2D eigenvalue weighted by Gasteiger charge is 2.37. The summed E-state index contributed by atoms with van der Waals surface area (Å²) in [5.74, 6) is 0.0904. The average molecular weight is 399 g/mol. The topological polar surface area (TPSA) is 55.8 Å². The highest BCUT2D eigenvalue weighted by atomic mass is 28.4. The minimum Gasteiger partial charge on any atom is -0.465 e. The largest absolute Gasteiger partial charge is 0.465 e. The number of carbonyl (C=O) groups is 1. The molecule has 0 unspecified atom stereocenters. The van der Waals surface area contributed by atoms with Gasteiger partial charge in [-0.25, -0.2) is 0 Å². The first-order valence-corrected chi connectivity index (χ1v) is 13.3. The standard InChI is InChI=1S/C22H42O4Si/c1-21(2,3)20(24)25-16-17-12-11-13-18(17)19(23)14-9-10-15-26-27(7,8)22(4,5)6/h11-12,17-19,23H,9-10,13-16H2,1-8H3/t17-,18+,19+/m1/s1. The van der Waals surface area contributed by atoms with Gasteiger partial charge >= 0.3 is 5.97 Å². The Labute approximate surface area is 167 Å². The van der Waals surface area contributed by atoms with Crippen molar-refractivity contribution in [2.24, 2.45) is 17.3 Å². The summed E-state index contributed by atoms with van der Waals surface area (Å²) in [7, 11) is -1.68. The maximum absolute atomic E-state index is 12.0. The summed E-state index contributed by atoms with van der Waals surface area (Å²) in [5.41, 5.74) is -0.486. The lowest BCUT2D eigenvalue weighted by molar-refractivity contribution is -0.154. The number of unbranched alkanes of at least 4 members (excludes halogenated alkanes) is 1. The molecule has 27 heavy (non-hydrogen) atoms. The van der Waals surface area contributed by atoms with Crippen LogP contribution >= 0.6 is 0 Å². The number of ether oxygens (including phenoxy) is 1. The first-order valence-electron chi connectivity index (χ1n) is 10.4. The summed E-state index contributed by atoms with van der Waals surface area (Å²) < 4.78 is 11.7. The van der Waals surface area contributed by atoms with Gasteiger partial charge in [-0.1, -0.05) is 32.9 Å². The van der Waals surface area contributed by atoms with Gasteiger partial charge in [0.05, 0.1) is 18.1 Å². The van der Waals surface area contributed by atoms with E-state index in [-0.39, 0.29) is 28.9 Å². The molecule has 0 fully saturated rings. The summed E-state index contributed by atoms with van der Waals surface area (Å²) >= 11 is 0. The summed E-state index contributed by atoms with van der Waals surface area (Å²) in [5, 5.41) is 10.9. The molecule has 1 rings (SSSR count). The van der Waals surface area contributed by atoms with Crippen molar-refractivity contribution in [3.8, 4) is 0 Å². The number of rotatable bonds is 9. The van der Waals surface area contributed by atoms with E-state index in [4.69, 9.17) is 9.16 Å². The van der Waals surface area contributed by atoms with E-state index in [1.807, 2.05) is 20.8 Å². The lowest BCUT2D eigenvalue weighted by Gasteiger charge is -2.36. The molecule has 0 aliphatic heterocycles. The molecule has 0 amide bonds. The fraction of sp³-hybridized carbons (Fsp3) is 0.864. The predicted molar refractivity (Wildman–Crippen MR) is 114 cm³/mol. The maximum Gasteiger partial charge on any atom is 0.311 e. The van der Waals surface area contributed by atoms with Crippen LogP contribution in [-0.2, 0) is 14.0 Å². The van der Waals surface area contributed by atoms with Crippen molar-refractivity contribution < 1.29 is 19.1 Å². The van der Waals surface area contributed by atoms with Gasteiger partial charge in [0.2, 0.25) is 0 Å². The number of hydrogen-bond donors (Lipinski definition) is 1. The number of hydrogen-bond acceptors (Lipinski definition) is 4. The quantitative estimate of drug-likeness (QED) is 0.247. The van der Waals surface area contributed by atoms with Gasteiger partial charge in [-0.05, 0) is 70.5 Å². The molecule has 1 aliphatic carbocycles. The number of esters is 1. The first kappa shape index (κ1) is 24.4. The summed E-state index contributed by atoms with van der Waals surface area (Å²) in [6.07, 6.45) is 7.41. The molecule has 0 aromatic carbocycles. The zero-order valence-corrected chi connectivity index (χ0v) is 19.8. The molecule has 1 N–H and O–H groups in total. The Bertz CT molecular complexity index is 499. The molecule has 1 aliphatic rings. The normalized spacial score (nSPS) is 22.1. The molecular weight excluding hydrogens is 356 g/mol. The van der Waals surface area contributed by atoms with Crippen LogP contribution in [0.1, 0.15) is 67.2 Å². The van der Waals surface area contributed by atoms with Crippen molar-refractivity contribution in [2.75, 3.05) is 13.2 Å². The van der Waals surface area contributed by atoms with E-state index < -0.39 is 13.7 Å². The average Bonchev–Trinajstić information content (AvgIpc) is 2.98. The second-order valence-corrected chi connectivity index (χ2v) is 15.3. The van der Waals surface area contributed by atoms with Gasteiger partial charge in [-0.15, -0.1) is 0 Å². The van der Waals surface area contributed by atoms with E-state index in [0.29, 0.717) is 6.61 Å². The van der Waals surface area contributed by atoms with Crippen LogP contribution in [0.4, 0.5) is 0 Å². The Kier molecular flexibility index (Phi) is 8.76. The molecule has 0 heterocycles. The summed E-state index contributed by atoms with van der Waals surface area (Å²) in [6, 6.07) is 0. The number of aliphatic hydroxyl groups excluding tert-OH is 1. The molecule has 3 atom stereocenters. The smallest absolute Gasteiger partial charge is 0.311 e. The lowest BCUT2D eigenvalue weighted by atomic mass is 9.88. The Morgan fingerprint density at radius 2 is 1.81 bits per heavy atom. The molecule has 0 aromatic heterocycles. The zero-order valence-electron chi connectivity index (χ0n) is 18.8. The lowest BCUT2D eigenvalue weighted by Crippen LogP contribution is -2.41. The van der Waals surface area contributed by atoms with Gasteiger partial charge in [0.25, 0.3) is 0 Å². The van der Waals surface area contributed by atoms with Gasteiger partial charge in [-0.2, -0.15) is 0 Å². The number of allylic oxidation sites excluding steroid dienone is 1. The van der Waals surface area contributed by atoms with Crippen LogP contribution in [0.3, 0.4) is 0 Å². The molecular formula is C22H42O4Si. The third-order valence-corrected chi connectivity index (χ3v) is 10.6. The second-order valence-electron chi connectivity index (χ2n) is 10.5. The van der Waals surface area contributed by atoms with Crippen molar-refractivity contribution in [1.29, 1.82) is 0 Å². The Balaban J connectivity index is 2.33. The van der Waals surface area contributed by atoms with Gasteiger partial charge < -0.3 is 14.3 Å². The molecule has 5 heteroatoms. The van der Waals surface area contributed by atoms with Crippen LogP contribution in [0.2, 0.25) is 18.1 Å². The minimum atomic E-state index is -1.68. The maximum atomic E-state index is 12.0. The second kappa shape index (κ2) is 9.70. The van der Waals surface area contributed by atoms with Crippen molar-refractivity contribution in [2.45, 2.75) is 91.5 Å². The fourth-order valence-corrected chi connectivity index (χ4v) is 4.04. The third kappa shape index (κ3) is 7.70. The Morgan fingerprint density at radius 1 is 1.19 bits per heavy atom. The van der Waals surface area contributed by atoms with Crippen molar-refractivity contribution >= 4 is 14.3 Å². The summed E-state index contributed by atoms with van der Waals surface area (Å²) in [6.45, 7) is 18.0. The van der Waals surface area contributed by atoms with Crippen LogP contribution in [-0.4, -0.2) is 38.7 Å². The molecule has 158 valence electrons. The molecule has 0 spiro atoms. The predicted octanol–water partition coefficient (Wildman–Crippen LogP) is 5.32. The monoisotopic (exact) mass is 398 g/mol. The van der Waals surface area contributed by atoms with E-state index in [1.54, 1.807) is 0 Å². The third-order valence-electron chi connectivity index (χ3n) is 6.02. The number of carbonyl (C=O) groups excluding carboxylic acids is 1. The number of aliphatic hydroxyl groups is 1. The molecule has 0 radical (unpaired) electrons. The SMILES string of the molecule is CC(C)(C)C(=O)OC[C@H]1C=CC[C@@H]1[C@@H](O)CCCCO[Si](C)(C)C(C)(C)C. The van der Waals surface area contributed by atoms with E-state index in [2.05, 4.69) is 46.0 Å². The van der Waals surface area contributed by atoms with E-state index in [1.165, 1.54) is 0 Å². The Hall–Kier alpha value is -0.653. The molecule has 4 nitrogen and oxygen atoms in total. The fourth-order valence-electron chi connectivity index (χ4n) is 2.95. The van der Waals surface area contributed by atoms with Crippen LogP contribution in [0.25, 0.3) is 0 Å². The van der Waals surface area contributed by atoms with Crippen molar-refractivity contribution in [1.82, 2.24) is 0 Å². The van der Waals surface area contributed by atoms with Crippen LogP contribution in [0, 0.1) is 17.3 Å². The highest BCUT2D eigenvalue weighted by Crippen LogP contribution is 2.36. The van der Waals surface area contributed by atoms with Crippen molar-refractivity contribution in [3.63, 3.8) is 0 Å². The van der Waals surface area contributed by atoms with Gasteiger partial charge in [0.15, 0.2) is 8.32 Å². The van der Waals surface area contributed by atoms with Crippen LogP contribution in [0.15, 0.2) is 12.2 Å². The molecule has 0 saturated heterocycles.